The van der Waals surface area contributed by atoms with Crippen molar-refractivity contribution in [3.63, 3.8) is 0 Å². The Bertz CT molecular complexity index is 914. The van der Waals surface area contributed by atoms with E-state index >= 15 is 0 Å². The number of ether oxygens (including phenoxy) is 1. The molecule has 3 aromatic rings. The summed E-state index contributed by atoms with van der Waals surface area (Å²) in [5, 5.41) is 5.17. The molecule has 0 amide bonds. The molecule has 25 heavy (non-hydrogen) atoms. The number of pyridine rings is 1. The molecule has 0 N–H and O–H groups in total. The molecule has 3 rings (SSSR count). The van der Waals surface area contributed by atoms with Gasteiger partial charge in [0.15, 0.2) is 0 Å². The van der Waals surface area contributed by atoms with Gasteiger partial charge in [-0.1, -0.05) is 18.2 Å². The van der Waals surface area contributed by atoms with Gasteiger partial charge in [0.05, 0.1) is 23.4 Å². The smallest absolute Gasteiger partial charge is 0.315 e. The first kappa shape index (κ1) is 17.6. The summed E-state index contributed by atoms with van der Waals surface area (Å²) in [6, 6.07) is 13.4. The normalized spacial score (nSPS) is 10.6. The highest BCUT2D eigenvalue weighted by atomic mass is 33.1. The van der Waals surface area contributed by atoms with Crippen LogP contribution in [0.3, 0.4) is 0 Å². The first-order valence-electron chi connectivity index (χ1n) is 7.76. The molecule has 0 atom stereocenters. The zero-order valence-electron chi connectivity index (χ0n) is 13.9. The molecule has 0 aliphatic carbocycles. The number of benzene rings is 1. The zero-order valence-corrected chi connectivity index (χ0v) is 15.5. The summed E-state index contributed by atoms with van der Waals surface area (Å²) >= 11 is 0. The predicted molar refractivity (Wildman–Crippen MR) is 102 cm³/mol. The lowest BCUT2D eigenvalue weighted by molar-refractivity contribution is 0.323. The van der Waals surface area contributed by atoms with Gasteiger partial charge in [-0.3, -0.25) is 4.79 Å². The van der Waals surface area contributed by atoms with Gasteiger partial charge in [0.2, 0.25) is 5.75 Å². The number of hydrogen-bond donors (Lipinski definition) is 0. The van der Waals surface area contributed by atoms with E-state index in [1.165, 1.54) is 26.3 Å². The van der Waals surface area contributed by atoms with Crippen LogP contribution >= 0.6 is 21.6 Å². The van der Waals surface area contributed by atoms with Gasteiger partial charge in [0.1, 0.15) is 5.03 Å². The number of aryl methyl sites for hydroxylation is 1. The van der Waals surface area contributed by atoms with E-state index in [2.05, 4.69) is 10.1 Å². The van der Waals surface area contributed by atoms with E-state index in [0.717, 1.165) is 16.3 Å². The van der Waals surface area contributed by atoms with Crippen LogP contribution in [0.2, 0.25) is 0 Å². The van der Waals surface area contributed by atoms with Crippen molar-refractivity contribution in [1.82, 2.24) is 14.8 Å². The number of nitrogens with zero attached hydrogens (tertiary/aromatic N) is 3. The van der Waals surface area contributed by atoms with Gasteiger partial charge in [-0.25, -0.2) is 4.98 Å². The molecule has 128 valence electrons. The molecule has 0 aliphatic rings. The number of aromatic nitrogens is 3. The SMILES string of the molecule is CCOc1c(SSc2ccccn2)cnn(-c2cccc(C)c2)c1=O. The van der Waals surface area contributed by atoms with E-state index < -0.39 is 0 Å². The van der Waals surface area contributed by atoms with Gasteiger partial charge >= 0.3 is 5.56 Å². The van der Waals surface area contributed by atoms with E-state index in [9.17, 15) is 4.79 Å². The van der Waals surface area contributed by atoms with Gasteiger partial charge in [-0.05, 0) is 65.3 Å². The molecule has 7 heteroatoms. The fourth-order valence-electron chi connectivity index (χ4n) is 2.19. The summed E-state index contributed by atoms with van der Waals surface area (Å²) < 4.78 is 6.99. The highest BCUT2D eigenvalue weighted by molar-refractivity contribution is 8.76. The Hall–Kier alpha value is -2.25. The topological polar surface area (TPSA) is 57.0 Å². The minimum absolute atomic E-state index is 0.265. The summed E-state index contributed by atoms with van der Waals surface area (Å²) in [6.45, 7) is 4.25. The van der Waals surface area contributed by atoms with Crippen LogP contribution in [-0.4, -0.2) is 21.4 Å². The molecule has 2 heterocycles. The Morgan fingerprint density at radius 1 is 1.16 bits per heavy atom. The van der Waals surface area contributed by atoms with Gasteiger partial charge < -0.3 is 4.74 Å². The molecule has 0 unspecified atom stereocenters. The molecule has 1 aromatic carbocycles. The van der Waals surface area contributed by atoms with Crippen LogP contribution in [-0.2, 0) is 0 Å². The molecule has 2 aromatic heterocycles. The summed E-state index contributed by atoms with van der Waals surface area (Å²) in [5.41, 5.74) is 1.52. The quantitative estimate of drug-likeness (QED) is 0.607. The number of hydrogen-bond acceptors (Lipinski definition) is 6. The minimum Gasteiger partial charge on any atom is -0.487 e. The maximum atomic E-state index is 12.8. The van der Waals surface area contributed by atoms with Crippen molar-refractivity contribution < 1.29 is 4.74 Å². The molecule has 0 fully saturated rings. The minimum atomic E-state index is -0.265. The van der Waals surface area contributed by atoms with Gasteiger partial charge in [-0.15, -0.1) is 0 Å². The molecule has 0 saturated carbocycles. The largest absolute Gasteiger partial charge is 0.487 e. The maximum Gasteiger partial charge on any atom is 0.315 e. The second-order valence-corrected chi connectivity index (χ2v) is 7.35. The zero-order chi connectivity index (χ0) is 17.6. The average Bonchev–Trinajstić information content (AvgIpc) is 2.63. The van der Waals surface area contributed by atoms with Gasteiger partial charge in [0, 0.05) is 6.20 Å². The molecule has 5 nitrogen and oxygen atoms in total. The van der Waals surface area contributed by atoms with E-state index in [0.29, 0.717) is 17.3 Å². The summed E-state index contributed by atoms with van der Waals surface area (Å²) in [7, 11) is 2.88. The molecule has 0 aliphatic heterocycles. The van der Waals surface area contributed by atoms with E-state index in [1.54, 1.807) is 12.4 Å². The van der Waals surface area contributed by atoms with Crippen molar-refractivity contribution in [3.05, 3.63) is 70.8 Å². The molecular formula is C18H17N3O2S2. The van der Waals surface area contributed by atoms with E-state index in [1.807, 2.05) is 56.3 Å². The van der Waals surface area contributed by atoms with Gasteiger partial charge in [-0.2, -0.15) is 9.78 Å². The molecule has 0 spiro atoms. The van der Waals surface area contributed by atoms with Crippen LogP contribution in [0.25, 0.3) is 5.69 Å². The monoisotopic (exact) mass is 371 g/mol. The highest BCUT2D eigenvalue weighted by Gasteiger charge is 2.15. The van der Waals surface area contributed by atoms with Crippen molar-refractivity contribution in [3.8, 4) is 11.4 Å². The number of rotatable bonds is 6. The van der Waals surface area contributed by atoms with Crippen LogP contribution in [0, 0.1) is 6.92 Å². The Kier molecular flexibility index (Phi) is 5.78. The predicted octanol–water partition coefficient (Wildman–Crippen LogP) is 4.13. The van der Waals surface area contributed by atoms with E-state index in [4.69, 9.17) is 4.74 Å². The van der Waals surface area contributed by atoms with Crippen molar-refractivity contribution in [1.29, 1.82) is 0 Å². The van der Waals surface area contributed by atoms with Crippen molar-refractivity contribution in [2.75, 3.05) is 6.61 Å². The Morgan fingerprint density at radius 2 is 2.04 bits per heavy atom. The highest BCUT2D eigenvalue weighted by Crippen LogP contribution is 2.39. The fraction of sp³-hybridized carbons (Fsp3) is 0.167. The average molecular weight is 371 g/mol. The molecule has 0 radical (unpaired) electrons. The van der Waals surface area contributed by atoms with Crippen molar-refractivity contribution in [2.24, 2.45) is 0 Å². The molecule has 0 saturated heterocycles. The Balaban J connectivity index is 1.94. The third-order valence-corrected chi connectivity index (χ3v) is 5.56. The van der Waals surface area contributed by atoms with Crippen molar-refractivity contribution in [2.45, 2.75) is 23.8 Å². The van der Waals surface area contributed by atoms with Crippen LogP contribution in [0.1, 0.15) is 12.5 Å². The van der Waals surface area contributed by atoms with Crippen LogP contribution < -0.4 is 10.3 Å². The van der Waals surface area contributed by atoms with Crippen molar-refractivity contribution >= 4 is 21.6 Å². The lowest BCUT2D eigenvalue weighted by atomic mass is 10.2. The first-order chi connectivity index (χ1) is 12.2. The van der Waals surface area contributed by atoms with Crippen LogP contribution in [0.4, 0.5) is 0 Å². The molecule has 0 bridgehead atoms. The third-order valence-electron chi connectivity index (χ3n) is 3.29. The fourth-order valence-corrected chi connectivity index (χ4v) is 4.09. The summed E-state index contributed by atoms with van der Waals surface area (Å²) in [4.78, 5) is 17.8. The standard InChI is InChI=1S/C18H17N3O2S2/c1-3-23-17-15(24-25-16-9-4-5-10-19-16)12-20-21(18(17)22)14-8-6-7-13(2)11-14/h4-12H,3H2,1-2H3. The van der Waals surface area contributed by atoms with Crippen LogP contribution in [0.15, 0.2) is 69.6 Å². The van der Waals surface area contributed by atoms with Gasteiger partial charge in [0.25, 0.3) is 0 Å². The second kappa shape index (κ2) is 8.22. The lowest BCUT2D eigenvalue weighted by Crippen LogP contribution is -2.23. The van der Waals surface area contributed by atoms with E-state index in [-0.39, 0.29) is 5.56 Å². The maximum absolute atomic E-state index is 12.8. The Labute approximate surface area is 153 Å². The van der Waals surface area contributed by atoms with Crippen LogP contribution in [0.5, 0.6) is 5.75 Å². The summed E-state index contributed by atoms with van der Waals surface area (Å²) in [6.07, 6.45) is 3.40. The lowest BCUT2D eigenvalue weighted by Gasteiger charge is -2.11. The second-order valence-electron chi connectivity index (χ2n) is 5.16. The Morgan fingerprint density at radius 3 is 2.76 bits per heavy atom. The summed E-state index contributed by atoms with van der Waals surface area (Å²) in [5.74, 6) is 0.312. The first-order valence-corrected chi connectivity index (χ1v) is 9.91. The molecular weight excluding hydrogens is 354 g/mol. The third kappa shape index (κ3) is 4.24.